The number of carbonyl (C=O) groups excluding carboxylic acids is 1. The van der Waals surface area contributed by atoms with E-state index in [1.165, 1.54) is 24.0 Å². The predicted molar refractivity (Wildman–Crippen MR) is 106 cm³/mol. The average molecular weight is 413 g/mol. The van der Waals surface area contributed by atoms with Crippen molar-refractivity contribution < 1.29 is 19.7 Å². The number of aryl methyl sites for hydroxylation is 2. The summed E-state index contributed by atoms with van der Waals surface area (Å²) in [7, 11) is 0. The lowest BCUT2D eigenvalue weighted by molar-refractivity contribution is -0.119. The minimum absolute atomic E-state index is 0.00228. The first-order chi connectivity index (χ1) is 13.5. The number of benzene rings is 1. The van der Waals surface area contributed by atoms with Gasteiger partial charge in [0.2, 0.25) is 11.7 Å². The van der Waals surface area contributed by atoms with Gasteiger partial charge in [-0.05, 0) is 46.4 Å². The Labute approximate surface area is 167 Å². The number of carbonyl (C=O) groups is 1. The fourth-order valence-electron chi connectivity index (χ4n) is 2.11. The van der Waals surface area contributed by atoms with Crippen LogP contribution in [0.25, 0.3) is 0 Å². The van der Waals surface area contributed by atoms with Gasteiger partial charge in [0.25, 0.3) is 0 Å². The summed E-state index contributed by atoms with van der Waals surface area (Å²) in [4.78, 5) is 11.2. The van der Waals surface area contributed by atoms with Crippen LogP contribution in [0.1, 0.15) is 30.7 Å². The lowest BCUT2D eigenvalue weighted by Gasteiger charge is -2.17. The minimum atomic E-state index is -0.354. The Kier molecular flexibility index (Phi) is 10.4. The lowest BCUT2D eigenvalue weighted by Crippen LogP contribution is -2.32. The van der Waals surface area contributed by atoms with Crippen molar-refractivity contribution in [2.75, 3.05) is 25.0 Å². The Bertz CT molecular complexity index is 781. The number of hydrogen-bond donors (Lipinski definition) is 5. The fraction of sp³-hybridized carbons (Fsp3) is 0.412. The van der Waals surface area contributed by atoms with Crippen molar-refractivity contribution in [3.8, 4) is 0 Å². The van der Waals surface area contributed by atoms with Crippen molar-refractivity contribution in [2.45, 2.75) is 26.7 Å². The smallest absolute Gasteiger partial charge is 0.239 e. The van der Waals surface area contributed by atoms with Gasteiger partial charge in [-0.15, -0.1) is 0 Å². The van der Waals surface area contributed by atoms with Crippen molar-refractivity contribution in [3.63, 3.8) is 0 Å². The van der Waals surface area contributed by atoms with Gasteiger partial charge in [-0.3, -0.25) is 4.79 Å². The standard InChI is InChI=1S/C8H7Cl.C7H12N6O4.C2H6/c9-8-4-3-6-1-2-7(6)5-8;8-6(11-16)5-7(13-17-12-5)10-3-4(15)9-1-2-14;1-2/h3-5H,1-2H2;14,16H,1-3H2,(H2,8,11)(H,9,15)(H,10,13);1-2H3. The molecule has 1 amide bonds. The monoisotopic (exact) mass is 412 g/mol. The molecular weight excluding hydrogens is 388 g/mol. The third-order valence-electron chi connectivity index (χ3n) is 3.52. The van der Waals surface area contributed by atoms with Gasteiger partial charge < -0.3 is 26.7 Å². The number of aliphatic hydroxyl groups excluding tert-OH is 1. The number of oxime groups is 1. The Morgan fingerprint density at radius 2 is 2.04 bits per heavy atom. The number of aromatic nitrogens is 2. The maximum absolute atomic E-state index is 11.2. The predicted octanol–water partition coefficient (Wildman–Crippen LogP) is 1.15. The highest BCUT2D eigenvalue weighted by Crippen LogP contribution is 2.25. The highest BCUT2D eigenvalue weighted by atomic mass is 35.5. The second-order valence-corrected chi connectivity index (χ2v) is 5.72. The van der Waals surface area contributed by atoms with Gasteiger partial charge in [-0.2, -0.15) is 0 Å². The molecule has 0 spiro atoms. The third-order valence-corrected chi connectivity index (χ3v) is 3.76. The number of amidine groups is 1. The molecule has 2 aromatic rings. The van der Waals surface area contributed by atoms with E-state index in [9.17, 15) is 4.79 Å². The Morgan fingerprint density at radius 3 is 2.57 bits per heavy atom. The molecule has 1 aliphatic rings. The molecule has 0 atom stereocenters. The summed E-state index contributed by atoms with van der Waals surface area (Å²) in [5, 5.41) is 32.4. The highest BCUT2D eigenvalue weighted by molar-refractivity contribution is 6.30. The van der Waals surface area contributed by atoms with E-state index in [1.54, 1.807) is 0 Å². The lowest BCUT2D eigenvalue weighted by atomic mass is 9.89. The van der Waals surface area contributed by atoms with Gasteiger partial charge >= 0.3 is 0 Å². The van der Waals surface area contributed by atoms with Gasteiger partial charge in [0.1, 0.15) is 0 Å². The average Bonchev–Trinajstić information content (AvgIpc) is 3.17. The zero-order valence-corrected chi connectivity index (χ0v) is 16.5. The molecule has 3 rings (SSSR count). The van der Waals surface area contributed by atoms with Crippen molar-refractivity contribution in [1.82, 2.24) is 15.6 Å². The quantitative estimate of drug-likeness (QED) is 0.204. The van der Waals surface area contributed by atoms with E-state index in [4.69, 9.17) is 27.6 Å². The van der Waals surface area contributed by atoms with Crippen LogP contribution in [0.15, 0.2) is 28.0 Å². The molecule has 154 valence electrons. The number of fused-ring (bicyclic) bond motifs is 1. The number of anilines is 1. The van der Waals surface area contributed by atoms with Crippen LogP contribution < -0.4 is 16.4 Å². The molecule has 0 bridgehead atoms. The SMILES string of the molecule is CC.Clc1ccc2c(c1)CC2.N/C(=N\O)c1nonc1NCC(=O)NCCO. The topological polar surface area (TPSA) is 159 Å². The number of halogens is 1. The summed E-state index contributed by atoms with van der Waals surface area (Å²) in [6.07, 6.45) is 2.46. The summed E-state index contributed by atoms with van der Waals surface area (Å²) in [5.74, 6) is -0.559. The maximum atomic E-state index is 11.2. The molecule has 1 aliphatic carbocycles. The zero-order chi connectivity index (χ0) is 20.9. The molecule has 1 heterocycles. The molecule has 0 unspecified atom stereocenters. The van der Waals surface area contributed by atoms with Crippen LogP contribution in [0, 0.1) is 0 Å². The first-order valence-electron chi connectivity index (χ1n) is 8.74. The number of nitrogens with zero attached hydrogens (tertiary/aromatic N) is 3. The molecule has 0 fully saturated rings. The Hall–Kier alpha value is -2.85. The number of nitrogens with two attached hydrogens (primary N) is 1. The van der Waals surface area contributed by atoms with E-state index in [1.807, 2.05) is 19.9 Å². The first kappa shape index (κ1) is 23.2. The number of nitrogens with one attached hydrogen (secondary N) is 2. The first-order valence-corrected chi connectivity index (χ1v) is 9.12. The summed E-state index contributed by atoms with van der Waals surface area (Å²) < 4.78 is 4.38. The number of rotatable bonds is 6. The molecule has 0 saturated heterocycles. The molecule has 10 nitrogen and oxygen atoms in total. The van der Waals surface area contributed by atoms with E-state index in [-0.39, 0.29) is 43.0 Å². The fourth-order valence-corrected chi connectivity index (χ4v) is 2.30. The van der Waals surface area contributed by atoms with E-state index < -0.39 is 0 Å². The molecule has 0 saturated carbocycles. The van der Waals surface area contributed by atoms with Crippen LogP contribution in [0.5, 0.6) is 0 Å². The molecule has 1 aromatic carbocycles. The van der Waals surface area contributed by atoms with Gasteiger partial charge in [0.05, 0.1) is 13.2 Å². The zero-order valence-electron chi connectivity index (χ0n) is 15.8. The van der Waals surface area contributed by atoms with Crippen molar-refractivity contribution in [3.05, 3.63) is 40.0 Å². The van der Waals surface area contributed by atoms with Crippen LogP contribution in [0.4, 0.5) is 5.82 Å². The third kappa shape index (κ3) is 7.05. The van der Waals surface area contributed by atoms with Gasteiger partial charge in [-0.25, -0.2) is 4.63 Å². The normalized spacial score (nSPS) is 11.6. The second-order valence-electron chi connectivity index (χ2n) is 5.29. The van der Waals surface area contributed by atoms with Crippen LogP contribution in [-0.4, -0.2) is 52.1 Å². The molecule has 6 N–H and O–H groups in total. The van der Waals surface area contributed by atoms with Crippen molar-refractivity contribution in [1.29, 1.82) is 0 Å². The number of hydrogen-bond acceptors (Lipinski definition) is 8. The Morgan fingerprint density at radius 1 is 1.32 bits per heavy atom. The highest BCUT2D eigenvalue weighted by Gasteiger charge is 2.15. The number of amides is 1. The van der Waals surface area contributed by atoms with Crippen LogP contribution in [-0.2, 0) is 17.6 Å². The minimum Gasteiger partial charge on any atom is -0.409 e. The molecule has 0 aliphatic heterocycles. The molecule has 0 radical (unpaired) electrons. The number of aliphatic hydroxyl groups is 1. The van der Waals surface area contributed by atoms with Gasteiger partial charge in [0, 0.05) is 11.6 Å². The largest absolute Gasteiger partial charge is 0.409 e. The van der Waals surface area contributed by atoms with Crippen LogP contribution in [0.3, 0.4) is 0 Å². The van der Waals surface area contributed by atoms with Gasteiger partial charge in [-0.1, -0.05) is 36.7 Å². The van der Waals surface area contributed by atoms with E-state index in [2.05, 4.69) is 42.9 Å². The van der Waals surface area contributed by atoms with E-state index in [0.29, 0.717) is 0 Å². The van der Waals surface area contributed by atoms with Crippen molar-refractivity contribution in [2.24, 2.45) is 10.9 Å². The summed E-state index contributed by atoms with van der Waals surface area (Å²) in [6, 6.07) is 6.13. The van der Waals surface area contributed by atoms with Crippen LogP contribution in [0.2, 0.25) is 5.02 Å². The Balaban J connectivity index is 0.000000295. The maximum Gasteiger partial charge on any atom is 0.239 e. The van der Waals surface area contributed by atoms with Gasteiger partial charge in [0.15, 0.2) is 11.5 Å². The van der Waals surface area contributed by atoms with Crippen molar-refractivity contribution >= 4 is 29.2 Å². The summed E-state index contributed by atoms with van der Waals surface area (Å²) in [5.41, 5.74) is 8.20. The second kappa shape index (κ2) is 12.5. The summed E-state index contributed by atoms with van der Waals surface area (Å²) in [6.45, 7) is 3.90. The molecule has 28 heavy (non-hydrogen) atoms. The molecule has 11 heteroatoms. The van der Waals surface area contributed by atoms with E-state index >= 15 is 0 Å². The molecular formula is C17H25ClN6O4. The van der Waals surface area contributed by atoms with E-state index in [0.717, 1.165) is 5.02 Å². The molecule has 1 aromatic heterocycles. The summed E-state index contributed by atoms with van der Waals surface area (Å²) >= 11 is 5.75. The van der Waals surface area contributed by atoms with Crippen LogP contribution >= 0.6 is 11.6 Å².